The molecule has 12 nitrogen and oxygen atoms in total. The summed E-state index contributed by atoms with van der Waals surface area (Å²) in [4.78, 5) is 53.0. The van der Waals surface area contributed by atoms with Crippen molar-refractivity contribution >= 4 is 34.1 Å². The fraction of sp³-hybridized carbons (Fsp3) is 0.630. The first kappa shape index (κ1) is 31.3. The maximum atomic E-state index is 12.5. The Morgan fingerprint density at radius 1 is 0.800 bits per heavy atom. The Morgan fingerprint density at radius 2 is 1.25 bits per heavy atom. The highest BCUT2D eigenvalue weighted by atomic mass is 32.2. The van der Waals surface area contributed by atoms with E-state index in [-0.39, 0.29) is 24.4 Å². The van der Waals surface area contributed by atoms with Crippen LogP contribution in [-0.4, -0.2) is 103 Å². The average Bonchev–Trinajstić information content (AvgIpc) is 3.51. The Morgan fingerprint density at radius 3 is 1.70 bits per heavy atom. The van der Waals surface area contributed by atoms with Crippen molar-refractivity contribution in [2.75, 3.05) is 32.4 Å². The minimum atomic E-state index is -3.47. The van der Waals surface area contributed by atoms with Crippen molar-refractivity contribution in [3.63, 3.8) is 0 Å². The first-order chi connectivity index (χ1) is 18.3. The van der Waals surface area contributed by atoms with Gasteiger partial charge in [-0.2, -0.15) is 8.42 Å². The van der Waals surface area contributed by atoms with Crippen molar-refractivity contribution in [1.29, 1.82) is 0 Å². The number of hydrogen-bond acceptors (Lipinski definition) is 9. The van der Waals surface area contributed by atoms with E-state index in [1.165, 1.54) is 9.80 Å². The summed E-state index contributed by atoms with van der Waals surface area (Å²) in [7, 11) is -3.47. The zero-order valence-corrected chi connectivity index (χ0v) is 24.9. The molecule has 1 aromatic carbocycles. The SMILES string of the molecule is CC(C)(C)OC(=O)N1CC[C@@H](N2C(=O)c3ccccc3C2=O)C1.CC(C)(C)OC(=O)N1CC[C@H](OS(C)(=O)=O)C1. The summed E-state index contributed by atoms with van der Waals surface area (Å²) in [5, 5.41) is 0. The molecule has 222 valence electrons. The number of carbonyl (C=O) groups excluding carboxylic acids is 4. The van der Waals surface area contributed by atoms with Crippen molar-refractivity contribution in [2.45, 2.75) is 77.7 Å². The van der Waals surface area contributed by atoms with Gasteiger partial charge in [0.15, 0.2) is 0 Å². The lowest BCUT2D eigenvalue weighted by molar-refractivity contribution is 0.0267. The fourth-order valence-electron chi connectivity index (χ4n) is 4.53. The van der Waals surface area contributed by atoms with Gasteiger partial charge in [-0.05, 0) is 66.5 Å². The van der Waals surface area contributed by atoms with Gasteiger partial charge >= 0.3 is 12.2 Å². The van der Waals surface area contributed by atoms with Gasteiger partial charge in [-0.15, -0.1) is 0 Å². The molecule has 4 amide bonds. The topological polar surface area (TPSA) is 140 Å². The van der Waals surface area contributed by atoms with Crippen LogP contribution >= 0.6 is 0 Å². The van der Waals surface area contributed by atoms with E-state index in [0.717, 1.165) is 6.26 Å². The summed E-state index contributed by atoms with van der Waals surface area (Å²) in [5.74, 6) is -0.553. The van der Waals surface area contributed by atoms with E-state index in [2.05, 4.69) is 0 Å². The Labute approximate surface area is 235 Å². The van der Waals surface area contributed by atoms with Crippen LogP contribution in [0.3, 0.4) is 0 Å². The minimum absolute atomic E-state index is 0.252. The molecule has 3 heterocycles. The van der Waals surface area contributed by atoms with Crippen LogP contribution < -0.4 is 0 Å². The van der Waals surface area contributed by atoms with E-state index in [9.17, 15) is 27.6 Å². The number of fused-ring (bicyclic) bond motifs is 1. The van der Waals surface area contributed by atoms with E-state index in [1.807, 2.05) is 20.8 Å². The third-order valence-corrected chi connectivity index (χ3v) is 6.74. The highest BCUT2D eigenvalue weighted by Gasteiger charge is 2.43. The molecule has 4 rings (SSSR count). The number of imide groups is 1. The van der Waals surface area contributed by atoms with Crippen molar-refractivity contribution in [1.82, 2.24) is 14.7 Å². The molecular weight excluding hydrogens is 542 g/mol. The molecule has 13 heteroatoms. The van der Waals surface area contributed by atoms with E-state index in [1.54, 1.807) is 49.9 Å². The number of amides is 4. The molecule has 0 saturated carbocycles. The highest BCUT2D eigenvalue weighted by molar-refractivity contribution is 7.86. The molecule has 0 aliphatic carbocycles. The zero-order valence-electron chi connectivity index (χ0n) is 24.1. The third-order valence-electron chi connectivity index (χ3n) is 6.11. The number of carbonyl (C=O) groups is 4. The summed E-state index contributed by atoms with van der Waals surface area (Å²) < 4.78 is 37.2. The van der Waals surface area contributed by atoms with Crippen molar-refractivity contribution in [3.05, 3.63) is 35.4 Å². The van der Waals surface area contributed by atoms with Gasteiger partial charge in [0.05, 0.1) is 36.1 Å². The Hall–Kier alpha value is -3.19. The molecule has 0 N–H and O–H groups in total. The lowest BCUT2D eigenvalue weighted by Gasteiger charge is -2.25. The summed E-state index contributed by atoms with van der Waals surface area (Å²) in [6, 6.07) is 6.52. The standard InChI is InChI=1S/C17H20N2O4.C10H19NO5S/c1-17(2,3)23-16(22)18-9-8-11(10-18)19-14(20)12-6-4-5-7-13(12)15(19)21;1-10(2,3)15-9(12)11-6-5-8(7-11)16-17(4,13)14/h4-7,11H,8-10H2,1-3H3;8H,5-7H2,1-4H3/t11-;8-/m10/s1. The van der Waals surface area contributed by atoms with Gasteiger partial charge in [0.1, 0.15) is 11.2 Å². The number of likely N-dealkylation sites (tertiary alicyclic amines) is 2. The van der Waals surface area contributed by atoms with Crippen LogP contribution in [0, 0.1) is 0 Å². The molecule has 3 aliphatic rings. The summed E-state index contributed by atoms with van der Waals surface area (Å²) in [6.45, 7) is 12.3. The Balaban J connectivity index is 0.000000232. The molecule has 2 saturated heterocycles. The number of ether oxygens (including phenoxy) is 2. The van der Waals surface area contributed by atoms with Gasteiger partial charge in [-0.25, -0.2) is 9.59 Å². The third kappa shape index (κ3) is 8.40. The van der Waals surface area contributed by atoms with Crippen LogP contribution in [0.4, 0.5) is 9.59 Å². The second-order valence-electron chi connectivity index (χ2n) is 12.0. The molecule has 3 aliphatic heterocycles. The van der Waals surface area contributed by atoms with Gasteiger partial charge in [-0.1, -0.05) is 12.1 Å². The lowest BCUT2D eigenvalue weighted by atomic mass is 10.1. The van der Waals surface area contributed by atoms with Crippen LogP contribution in [0.5, 0.6) is 0 Å². The molecule has 0 bridgehead atoms. The first-order valence-electron chi connectivity index (χ1n) is 13.2. The van der Waals surface area contributed by atoms with E-state index < -0.39 is 39.6 Å². The van der Waals surface area contributed by atoms with Crippen LogP contribution in [0.1, 0.15) is 75.1 Å². The summed E-state index contributed by atoms with van der Waals surface area (Å²) in [5.41, 5.74) is -0.237. The van der Waals surface area contributed by atoms with Crippen LogP contribution in [0.15, 0.2) is 24.3 Å². The quantitative estimate of drug-likeness (QED) is 0.389. The maximum absolute atomic E-state index is 12.5. The van der Waals surface area contributed by atoms with Crippen molar-refractivity contribution < 1.29 is 41.3 Å². The smallest absolute Gasteiger partial charge is 0.410 e. The number of hydrogen-bond donors (Lipinski definition) is 0. The summed E-state index contributed by atoms with van der Waals surface area (Å²) in [6.07, 6.45) is 0.784. The van der Waals surface area contributed by atoms with Crippen LogP contribution in [0.25, 0.3) is 0 Å². The maximum Gasteiger partial charge on any atom is 0.410 e. The van der Waals surface area contributed by atoms with Gasteiger partial charge in [0.2, 0.25) is 0 Å². The molecule has 0 radical (unpaired) electrons. The molecule has 2 atom stereocenters. The lowest BCUT2D eigenvalue weighted by Crippen LogP contribution is -2.43. The number of rotatable bonds is 3. The van der Waals surface area contributed by atoms with Gasteiger partial charge in [0, 0.05) is 19.6 Å². The van der Waals surface area contributed by atoms with Gasteiger partial charge in [0.25, 0.3) is 21.9 Å². The van der Waals surface area contributed by atoms with Gasteiger partial charge in [-0.3, -0.25) is 18.7 Å². The first-order valence-corrected chi connectivity index (χ1v) is 15.0. The Bertz CT molecular complexity index is 1220. The van der Waals surface area contributed by atoms with Crippen LogP contribution in [0.2, 0.25) is 0 Å². The average molecular weight is 582 g/mol. The monoisotopic (exact) mass is 581 g/mol. The normalized spacial score (nSPS) is 21.2. The van der Waals surface area contributed by atoms with E-state index in [0.29, 0.717) is 43.6 Å². The molecule has 2 fully saturated rings. The molecule has 0 spiro atoms. The largest absolute Gasteiger partial charge is 0.444 e. The number of nitrogens with zero attached hydrogens (tertiary/aromatic N) is 3. The van der Waals surface area contributed by atoms with E-state index in [4.69, 9.17) is 13.7 Å². The minimum Gasteiger partial charge on any atom is -0.444 e. The molecule has 0 aromatic heterocycles. The highest BCUT2D eigenvalue weighted by Crippen LogP contribution is 2.28. The predicted octanol–water partition coefficient (Wildman–Crippen LogP) is 3.26. The molecule has 1 aromatic rings. The molecule has 0 unspecified atom stereocenters. The van der Waals surface area contributed by atoms with Crippen molar-refractivity contribution in [2.24, 2.45) is 0 Å². The Kier molecular flexibility index (Phi) is 9.19. The second-order valence-corrected chi connectivity index (χ2v) is 13.6. The van der Waals surface area contributed by atoms with Gasteiger partial charge < -0.3 is 19.3 Å². The second kappa shape index (κ2) is 11.7. The predicted molar refractivity (Wildman–Crippen MR) is 145 cm³/mol. The molecular formula is C27H39N3O9S. The number of benzene rings is 1. The zero-order chi connectivity index (χ0) is 30.0. The fourth-order valence-corrected chi connectivity index (χ4v) is 5.18. The molecule has 40 heavy (non-hydrogen) atoms. The van der Waals surface area contributed by atoms with E-state index >= 15 is 0 Å². The van der Waals surface area contributed by atoms with Crippen molar-refractivity contribution in [3.8, 4) is 0 Å². The van der Waals surface area contributed by atoms with Crippen LogP contribution in [-0.2, 0) is 23.8 Å². The summed E-state index contributed by atoms with van der Waals surface area (Å²) >= 11 is 0.